The molecule has 3 amide bonds. The first-order valence-corrected chi connectivity index (χ1v) is 18.5. The summed E-state index contributed by atoms with van der Waals surface area (Å²) in [5.74, 6) is -0.840. The first-order chi connectivity index (χ1) is 25.8. The van der Waals surface area contributed by atoms with Gasteiger partial charge >= 0.3 is 6.09 Å². The monoisotopic (exact) mass is 757 g/mol. The predicted octanol–water partition coefficient (Wildman–Crippen LogP) is 4.83. The molecular weight excluding hydrogens is 704 g/mol. The fraction of sp³-hybridized carbons (Fsp3) is 0.595. The van der Waals surface area contributed by atoms with Crippen LogP contribution in [0.25, 0.3) is 11.3 Å². The van der Waals surface area contributed by atoms with Gasteiger partial charge in [0.15, 0.2) is 6.79 Å². The Morgan fingerprint density at radius 2 is 1.59 bits per heavy atom. The number of piperidine rings is 1. The molecule has 3 aromatic rings. The van der Waals surface area contributed by atoms with E-state index >= 15 is 8.78 Å². The summed E-state index contributed by atoms with van der Waals surface area (Å²) in [5.41, 5.74) is 4.30. The van der Waals surface area contributed by atoms with Crippen molar-refractivity contribution < 1.29 is 37.5 Å². The molecule has 15 nitrogen and oxygen atoms in total. The Morgan fingerprint density at radius 3 is 2.22 bits per heavy atom. The van der Waals surface area contributed by atoms with Gasteiger partial charge in [0.25, 0.3) is 0 Å². The summed E-state index contributed by atoms with van der Waals surface area (Å²) in [6.07, 6.45) is 5.27. The van der Waals surface area contributed by atoms with Crippen LogP contribution in [0.5, 0.6) is 0 Å². The van der Waals surface area contributed by atoms with Crippen LogP contribution in [0.1, 0.15) is 95.6 Å². The number of hydroxylamine groups is 1. The van der Waals surface area contributed by atoms with E-state index in [1.807, 2.05) is 34.6 Å². The molecule has 0 spiro atoms. The Bertz CT molecular complexity index is 1720. The standard InChI is InChI=1S/C37H53F2N9O6/c1-20(2)30(46-54-19-52-6)35(49)42-22(5)33-40-17-27(43-33)23-10-13-47(14-11-23)32-25(38)15-24(16-26(32)39)28-18-41-34(44-28)29-9-8-12-48(29)36(50)31(21(3)4)45-37(51)53-7/h15-18,20-23,29-31,46H,8-14,19H2,1-7H3,(H,40,43)(H,41,44)(H,42,49)(H,45,51)/t22-,29-,30-,31-/m0/s1. The number of halogens is 2. The molecule has 0 radical (unpaired) electrons. The van der Waals surface area contributed by atoms with Gasteiger partial charge in [-0.15, -0.1) is 0 Å². The average Bonchev–Trinajstić information content (AvgIpc) is 3.93. The van der Waals surface area contributed by atoms with Crippen molar-refractivity contribution in [3.8, 4) is 11.3 Å². The van der Waals surface area contributed by atoms with E-state index in [0.29, 0.717) is 61.8 Å². The molecule has 2 aliphatic rings. The number of aromatic amines is 2. The van der Waals surface area contributed by atoms with Crippen LogP contribution in [0.4, 0.5) is 19.3 Å². The van der Waals surface area contributed by atoms with Gasteiger partial charge in [0.05, 0.1) is 31.1 Å². The number of nitrogens with one attached hydrogen (secondary N) is 5. The number of H-pyrrole nitrogens is 2. The average molecular weight is 758 g/mol. The number of imidazole rings is 2. The summed E-state index contributed by atoms with van der Waals surface area (Å²) in [7, 11) is 2.74. The van der Waals surface area contributed by atoms with Crippen LogP contribution in [0, 0.1) is 23.5 Å². The quantitative estimate of drug-likeness (QED) is 0.0820. The van der Waals surface area contributed by atoms with Crippen molar-refractivity contribution in [3.05, 3.63) is 53.5 Å². The molecule has 2 aliphatic heterocycles. The highest BCUT2D eigenvalue weighted by Gasteiger charge is 2.38. The Labute approximate surface area is 314 Å². The summed E-state index contributed by atoms with van der Waals surface area (Å²) in [6, 6.07) is 0.465. The van der Waals surface area contributed by atoms with Crippen molar-refractivity contribution in [2.45, 2.75) is 90.4 Å². The zero-order chi connectivity index (χ0) is 39.1. The number of carbonyl (C=O) groups is 3. The zero-order valence-corrected chi connectivity index (χ0v) is 32.0. The van der Waals surface area contributed by atoms with E-state index in [-0.39, 0.29) is 48.1 Å². The molecule has 54 heavy (non-hydrogen) atoms. The van der Waals surface area contributed by atoms with Gasteiger partial charge < -0.3 is 39.9 Å². The van der Waals surface area contributed by atoms with Crippen LogP contribution in [0.2, 0.25) is 0 Å². The third-order valence-electron chi connectivity index (χ3n) is 10.1. The number of methoxy groups -OCH3 is 2. The summed E-state index contributed by atoms with van der Waals surface area (Å²) < 4.78 is 41.0. The van der Waals surface area contributed by atoms with Gasteiger partial charge in [0.2, 0.25) is 11.8 Å². The molecule has 0 aliphatic carbocycles. The molecule has 5 rings (SSSR count). The van der Waals surface area contributed by atoms with Crippen LogP contribution in [0.15, 0.2) is 24.5 Å². The maximum Gasteiger partial charge on any atom is 0.407 e. The van der Waals surface area contributed by atoms with Gasteiger partial charge in [0, 0.05) is 50.1 Å². The highest BCUT2D eigenvalue weighted by molar-refractivity contribution is 5.86. The smallest absolute Gasteiger partial charge is 0.407 e. The van der Waals surface area contributed by atoms with Gasteiger partial charge in [-0.05, 0) is 56.6 Å². The largest absolute Gasteiger partial charge is 0.453 e. The van der Waals surface area contributed by atoms with E-state index in [2.05, 4.69) is 36.0 Å². The zero-order valence-electron chi connectivity index (χ0n) is 32.0. The minimum atomic E-state index is -0.776. The summed E-state index contributed by atoms with van der Waals surface area (Å²) >= 11 is 0. The molecule has 296 valence electrons. The lowest BCUT2D eigenvalue weighted by atomic mass is 9.93. The van der Waals surface area contributed by atoms with E-state index in [1.165, 1.54) is 32.5 Å². The molecule has 2 aromatic heterocycles. The highest BCUT2D eigenvalue weighted by atomic mass is 19.1. The number of rotatable bonds is 15. The number of likely N-dealkylation sites (tertiary alicyclic amines) is 1. The number of hydrogen-bond acceptors (Lipinski definition) is 10. The van der Waals surface area contributed by atoms with Crippen molar-refractivity contribution >= 4 is 23.6 Å². The normalized spacial score (nSPS) is 18.2. The Morgan fingerprint density at radius 1 is 0.907 bits per heavy atom. The molecule has 0 saturated carbocycles. The number of alkyl carbamates (subject to hydrolysis) is 1. The van der Waals surface area contributed by atoms with E-state index in [9.17, 15) is 14.4 Å². The second kappa shape index (κ2) is 18.1. The molecule has 5 N–H and O–H groups in total. The van der Waals surface area contributed by atoms with Crippen LogP contribution < -0.4 is 21.0 Å². The van der Waals surface area contributed by atoms with Gasteiger partial charge in [-0.25, -0.2) is 23.5 Å². The van der Waals surface area contributed by atoms with Crippen molar-refractivity contribution in [2.24, 2.45) is 11.8 Å². The topological polar surface area (TPSA) is 179 Å². The number of aromatic nitrogens is 4. The molecule has 4 heterocycles. The number of ether oxygens (including phenoxy) is 2. The molecular formula is C37H53F2N9O6. The first kappa shape index (κ1) is 40.6. The molecule has 0 unspecified atom stereocenters. The fourth-order valence-electron chi connectivity index (χ4n) is 7.11. The second-order valence-corrected chi connectivity index (χ2v) is 14.6. The second-order valence-electron chi connectivity index (χ2n) is 14.6. The predicted molar refractivity (Wildman–Crippen MR) is 196 cm³/mol. The Hall–Kier alpha value is -4.61. The third-order valence-corrected chi connectivity index (χ3v) is 10.1. The van der Waals surface area contributed by atoms with Crippen molar-refractivity contribution in [1.82, 2.24) is 40.9 Å². The SMILES string of the molecule is COCON[C@H](C(=O)N[C@@H](C)c1ncc(C2CCN(c3c(F)cc(-c4cnc([C@@H]5CCCN5C(=O)[C@@H](NC(=O)OC)C(C)C)[nH]4)cc3F)CC2)[nH]1)C(C)C. The summed E-state index contributed by atoms with van der Waals surface area (Å²) in [6.45, 7) is 10.7. The molecule has 17 heteroatoms. The Kier molecular flexibility index (Phi) is 13.6. The van der Waals surface area contributed by atoms with E-state index in [0.717, 1.165) is 12.1 Å². The van der Waals surface area contributed by atoms with Gasteiger partial charge in [0.1, 0.15) is 41.1 Å². The van der Waals surface area contributed by atoms with Crippen molar-refractivity contribution in [1.29, 1.82) is 0 Å². The lowest BCUT2D eigenvalue weighted by molar-refractivity contribution is -0.138. The minimum Gasteiger partial charge on any atom is -0.453 e. The van der Waals surface area contributed by atoms with Gasteiger partial charge in [-0.2, -0.15) is 5.48 Å². The molecule has 2 saturated heterocycles. The first-order valence-electron chi connectivity index (χ1n) is 18.5. The highest BCUT2D eigenvalue weighted by Crippen LogP contribution is 2.36. The minimum absolute atomic E-state index is 0.00829. The summed E-state index contributed by atoms with van der Waals surface area (Å²) in [5, 5.41) is 5.60. The van der Waals surface area contributed by atoms with Gasteiger partial charge in [-0.1, -0.05) is 27.7 Å². The van der Waals surface area contributed by atoms with Crippen LogP contribution >= 0.6 is 0 Å². The lowest BCUT2D eigenvalue weighted by Crippen LogP contribution is -2.51. The lowest BCUT2D eigenvalue weighted by Gasteiger charge is -2.33. The van der Waals surface area contributed by atoms with Crippen LogP contribution in [-0.2, 0) is 23.9 Å². The number of nitrogens with zero attached hydrogens (tertiary/aromatic N) is 4. The van der Waals surface area contributed by atoms with Crippen LogP contribution in [-0.4, -0.2) is 95.5 Å². The van der Waals surface area contributed by atoms with Crippen molar-refractivity contribution in [2.75, 3.05) is 45.5 Å². The fourth-order valence-corrected chi connectivity index (χ4v) is 7.11. The number of anilines is 1. The number of hydrogen-bond donors (Lipinski definition) is 5. The Balaban J connectivity index is 1.20. The number of benzene rings is 1. The summed E-state index contributed by atoms with van der Waals surface area (Å²) in [4.78, 5) is 62.5. The van der Waals surface area contributed by atoms with E-state index in [1.54, 1.807) is 16.0 Å². The number of carbonyl (C=O) groups excluding carboxylic acids is 3. The third kappa shape index (κ3) is 9.36. The molecule has 4 atom stereocenters. The van der Waals surface area contributed by atoms with E-state index < -0.39 is 35.9 Å². The van der Waals surface area contributed by atoms with Gasteiger partial charge in [-0.3, -0.25) is 14.4 Å². The van der Waals surface area contributed by atoms with E-state index in [4.69, 9.17) is 14.3 Å². The maximum absolute atomic E-state index is 15.7. The molecule has 0 bridgehead atoms. The van der Waals surface area contributed by atoms with Crippen molar-refractivity contribution in [3.63, 3.8) is 0 Å². The van der Waals surface area contributed by atoms with Crippen LogP contribution in [0.3, 0.4) is 0 Å². The number of amides is 3. The molecule has 1 aromatic carbocycles. The molecule has 2 fully saturated rings. The maximum atomic E-state index is 15.7.